The first kappa shape index (κ1) is 10.2. The molecule has 1 aliphatic rings. The highest BCUT2D eigenvalue weighted by Crippen LogP contribution is 2.30. The number of thiophene rings is 1. The molecule has 2 heterocycles. The molecule has 0 radical (unpaired) electrons. The molecular weight excluding hydrogens is 234 g/mol. The molecule has 3 rings (SSSR count). The van der Waals surface area contributed by atoms with Crippen LogP contribution in [0.25, 0.3) is 10.4 Å². The first-order chi connectivity index (χ1) is 8.28. The molecule has 1 aromatic heterocycles. The van der Waals surface area contributed by atoms with Gasteiger partial charge in [0.1, 0.15) is 0 Å². The van der Waals surface area contributed by atoms with Crippen molar-refractivity contribution in [1.29, 1.82) is 0 Å². The molecule has 0 unspecified atom stereocenters. The third kappa shape index (κ3) is 1.66. The van der Waals surface area contributed by atoms with Crippen LogP contribution in [0.4, 0.5) is 0 Å². The van der Waals surface area contributed by atoms with Crippen LogP contribution < -0.4 is 5.32 Å². The highest BCUT2D eigenvalue weighted by atomic mass is 32.1. The smallest absolute Gasteiger partial charge is 0.251 e. The maximum atomic E-state index is 11.5. The number of carbonyl (C=O) groups excluding carboxylic acids is 2. The Bertz CT molecular complexity index is 616. The lowest BCUT2D eigenvalue weighted by Gasteiger charge is -2.00. The number of amides is 1. The van der Waals surface area contributed by atoms with E-state index in [0.717, 1.165) is 27.9 Å². The molecule has 1 N–H and O–H groups in total. The zero-order valence-electron chi connectivity index (χ0n) is 8.90. The number of hydrogen-bond acceptors (Lipinski definition) is 3. The van der Waals surface area contributed by atoms with Gasteiger partial charge < -0.3 is 5.32 Å². The summed E-state index contributed by atoms with van der Waals surface area (Å²) in [6.45, 7) is 0.610. The van der Waals surface area contributed by atoms with Crippen molar-refractivity contribution >= 4 is 23.5 Å². The molecule has 0 fully saturated rings. The Hall–Kier alpha value is -1.94. The van der Waals surface area contributed by atoms with Crippen LogP contribution in [0.15, 0.2) is 30.3 Å². The Labute approximate surface area is 102 Å². The van der Waals surface area contributed by atoms with Crippen molar-refractivity contribution in [2.45, 2.75) is 6.54 Å². The molecular formula is C13H9NO2S. The Kier molecular flexibility index (Phi) is 2.30. The van der Waals surface area contributed by atoms with E-state index in [-0.39, 0.29) is 5.91 Å². The molecule has 0 spiro atoms. The summed E-state index contributed by atoms with van der Waals surface area (Å²) in [6.07, 6.45) is 0.842. The average molecular weight is 243 g/mol. The number of aldehydes is 1. The Morgan fingerprint density at radius 1 is 1.24 bits per heavy atom. The second-order valence-corrected chi connectivity index (χ2v) is 4.99. The van der Waals surface area contributed by atoms with E-state index < -0.39 is 0 Å². The minimum Gasteiger partial charge on any atom is -0.348 e. The van der Waals surface area contributed by atoms with Crippen molar-refractivity contribution in [3.8, 4) is 10.4 Å². The molecule has 0 bridgehead atoms. The van der Waals surface area contributed by atoms with Crippen LogP contribution in [0.3, 0.4) is 0 Å². The normalized spacial score (nSPS) is 13.3. The lowest BCUT2D eigenvalue weighted by molar-refractivity contribution is 0.0965. The quantitative estimate of drug-likeness (QED) is 0.824. The van der Waals surface area contributed by atoms with Gasteiger partial charge in [-0.15, -0.1) is 11.3 Å². The molecule has 1 aromatic carbocycles. The third-order valence-corrected chi connectivity index (χ3v) is 3.88. The number of hydrogen-bond donors (Lipinski definition) is 1. The van der Waals surface area contributed by atoms with Gasteiger partial charge in [0, 0.05) is 17.0 Å². The maximum absolute atomic E-state index is 11.5. The van der Waals surface area contributed by atoms with Gasteiger partial charge in [-0.05, 0) is 29.3 Å². The Morgan fingerprint density at radius 2 is 2.12 bits per heavy atom. The van der Waals surface area contributed by atoms with Crippen molar-refractivity contribution in [2.24, 2.45) is 0 Å². The summed E-state index contributed by atoms with van der Waals surface area (Å²) >= 11 is 1.43. The fourth-order valence-corrected chi connectivity index (χ4v) is 2.76. The fourth-order valence-electron chi connectivity index (χ4n) is 1.94. The van der Waals surface area contributed by atoms with Gasteiger partial charge in [0.15, 0.2) is 6.29 Å². The van der Waals surface area contributed by atoms with Gasteiger partial charge in [-0.1, -0.05) is 12.1 Å². The molecule has 84 valence electrons. The first-order valence-electron chi connectivity index (χ1n) is 5.24. The summed E-state index contributed by atoms with van der Waals surface area (Å²) in [6, 6.07) is 9.53. The molecule has 1 aliphatic heterocycles. The minimum absolute atomic E-state index is 0.0194. The maximum Gasteiger partial charge on any atom is 0.251 e. The van der Waals surface area contributed by atoms with E-state index >= 15 is 0 Å². The van der Waals surface area contributed by atoms with E-state index in [0.29, 0.717) is 11.4 Å². The molecule has 17 heavy (non-hydrogen) atoms. The van der Waals surface area contributed by atoms with E-state index in [1.165, 1.54) is 11.3 Å². The van der Waals surface area contributed by atoms with Crippen LogP contribution in [0.1, 0.15) is 25.6 Å². The molecule has 0 saturated carbocycles. The molecule has 0 aliphatic carbocycles. The van der Waals surface area contributed by atoms with E-state index in [4.69, 9.17) is 0 Å². The van der Waals surface area contributed by atoms with Crippen LogP contribution in [-0.4, -0.2) is 12.2 Å². The monoisotopic (exact) mass is 243 g/mol. The van der Waals surface area contributed by atoms with Gasteiger partial charge in [0.05, 0.1) is 4.88 Å². The molecule has 4 heteroatoms. The zero-order valence-corrected chi connectivity index (χ0v) is 9.71. The number of carbonyl (C=O) groups is 2. The van der Waals surface area contributed by atoms with Crippen molar-refractivity contribution < 1.29 is 9.59 Å². The van der Waals surface area contributed by atoms with Gasteiger partial charge in [0.25, 0.3) is 5.91 Å². The number of fused-ring (bicyclic) bond motifs is 1. The predicted molar refractivity (Wildman–Crippen MR) is 66.3 cm³/mol. The molecule has 3 nitrogen and oxygen atoms in total. The molecule has 0 saturated heterocycles. The minimum atomic E-state index is -0.0194. The predicted octanol–water partition coefficient (Wildman–Crippen LogP) is 2.47. The standard InChI is InChI=1S/C13H9NO2S/c15-7-10-3-4-12(17-10)8-1-2-9-6-14-13(16)11(9)5-8/h1-5,7H,6H2,(H,14,16). The SMILES string of the molecule is O=Cc1ccc(-c2ccc3c(c2)C(=O)NC3)s1. The van der Waals surface area contributed by atoms with Crippen LogP contribution in [0.2, 0.25) is 0 Å². The third-order valence-electron chi connectivity index (χ3n) is 2.82. The van der Waals surface area contributed by atoms with Crippen molar-refractivity contribution in [3.05, 3.63) is 46.3 Å². The molecule has 0 atom stereocenters. The summed E-state index contributed by atoms with van der Waals surface area (Å²) < 4.78 is 0. The van der Waals surface area contributed by atoms with Gasteiger partial charge in [-0.3, -0.25) is 9.59 Å². The highest BCUT2D eigenvalue weighted by molar-refractivity contribution is 7.17. The van der Waals surface area contributed by atoms with Gasteiger partial charge in [-0.2, -0.15) is 0 Å². The van der Waals surface area contributed by atoms with Gasteiger partial charge in [0.2, 0.25) is 0 Å². The largest absolute Gasteiger partial charge is 0.348 e. The van der Waals surface area contributed by atoms with E-state index in [1.54, 1.807) is 6.07 Å². The topological polar surface area (TPSA) is 46.2 Å². The Morgan fingerprint density at radius 3 is 2.88 bits per heavy atom. The first-order valence-corrected chi connectivity index (χ1v) is 6.06. The summed E-state index contributed by atoms with van der Waals surface area (Å²) in [7, 11) is 0. The van der Waals surface area contributed by atoms with Gasteiger partial charge in [-0.25, -0.2) is 0 Å². The van der Waals surface area contributed by atoms with Crippen molar-refractivity contribution in [2.75, 3.05) is 0 Å². The zero-order chi connectivity index (χ0) is 11.8. The van der Waals surface area contributed by atoms with E-state index in [2.05, 4.69) is 5.32 Å². The van der Waals surface area contributed by atoms with Crippen molar-refractivity contribution in [3.63, 3.8) is 0 Å². The lowest BCUT2D eigenvalue weighted by atomic mass is 10.1. The second-order valence-electron chi connectivity index (χ2n) is 3.87. The van der Waals surface area contributed by atoms with E-state index in [1.807, 2.05) is 24.3 Å². The Balaban J connectivity index is 2.07. The van der Waals surface area contributed by atoms with Crippen LogP contribution in [0.5, 0.6) is 0 Å². The summed E-state index contributed by atoms with van der Waals surface area (Å²) in [5.74, 6) is -0.0194. The fraction of sp³-hybridized carbons (Fsp3) is 0.0769. The average Bonchev–Trinajstić information content (AvgIpc) is 2.96. The molecule has 2 aromatic rings. The number of rotatable bonds is 2. The number of nitrogens with one attached hydrogen (secondary N) is 1. The molecule has 1 amide bonds. The van der Waals surface area contributed by atoms with Crippen LogP contribution >= 0.6 is 11.3 Å². The van der Waals surface area contributed by atoms with Gasteiger partial charge >= 0.3 is 0 Å². The summed E-state index contributed by atoms with van der Waals surface area (Å²) in [5, 5.41) is 2.79. The summed E-state index contributed by atoms with van der Waals surface area (Å²) in [4.78, 5) is 23.9. The van der Waals surface area contributed by atoms with E-state index in [9.17, 15) is 9.59 Å². The highest BCUT2D eigenvalue weighted by Gasteiger charge is 2.19. The summed E-state index contributed by atoms with van der Waals surface area (Å²) in [5.41, 5.74) is 2.76. The number of benzene rings is 1. The lowest BCUT2D eigenvalue weighted by Crippen LogP contribution is -2.12. The van der Waals surface area contributed by atoms with Crippen LogP contribution in [0, 0.1) is 0 Å². The van der Waals surface area contributed by atoms with Crippen LogP contribution in [-0.2, 0) is 6.54 Å². The second kappa shape index (κ2) is 3.82. The van der Waals surface area contributed by atoms with Crippen molar-refractivity contribution in [1.82, 2.24) is 5.32 Å².